The monoisotopic (exact) mass is 294 g/mol. The number of hydrogen-bond acceptors (Lipinski definition) is 5. The van der Waals surface area contributed by atoms with Crippen molar-refractivity contribution in [1.29, 1.82) is 0 Å². The average Bonchev–Trinajstić information content (AvgIpc) is 2.37. The number of esters is 2. The molecular weight excluding hydrogens is 272 g/mol. The summed E-state index contributed by atoms with van der Waals surface area (Å²) in [4.78, 5) is 34.7. The first kappa shape index (κ1) is 15.7. The summed E-state index contributed by atoms with van der Waals surface area (Å²) in [6.45, 7) is 6.55. The zero-order valence-corrected chi connectivity index (χ0v) is 13.0. The van der Waals surface area contributed by atoms with Crippen LogP contribution in [0, 0.1) is 5.41 Å². The van der Waals surface area contributed by atoms with Crippen molar-refractivity contribution in [2.75, 3.05) is 0 Å². The van der Waals surface area contributed by atoms with Gasteiger partial charge in [0.2, 0.25) is 0 Å². The average molecular weight is 294 g/mol. The molecule has 0 aromatic rings. The van der Waals surface area contributed by atoms with Crippen LogP contribution in [0.2, 0.25) is 0 Å². The van der Waals surface area contributed by atoms with Crippen molar-refractivity contribution in [2.24, 2.45) is 5.41 Å². The van der Waals surface area contributed by atoms with E-state index in [0.717, 1.165) is 5.57 Å². The molecule has 3 atom stereocenters. The van der Waals surface area contributed by atoms with E-state index in [4.69, 9.17) is 9.47 Å². The summed E-state index contributed by atoms with van der Waals surface area (Å²) in [7, 11) is 0. The summed E-state index contributed by atoms with van der Waals surface area (Å²) < 4.78 is 10.9. The standard InChI is InChI=1S/C16H22O5/c1-9-12(19)7-8-16(4)14(21-11(3)18)6-5-13(15(9)16)20-10(2)17/h13-14H,5-8H2,1-4H3/t13-,14-,16+/m0/s1. The number of Topliss-reactive ketones (excluding diaryl/α,β-unsaturated/α-hetero) is 1. The first-order valence-electron chi connectivity index (χ1n) is 7.34. The minimum absolute atomic E-state index is 0.0862. The molecule has 0 aromatic carbocycles. The lowest BCUT2D eigenvalue weighted by Gasteiger charge is -2.48. The summed E-state index contributed by atoms with van der Waals surface area (Å²) in [6.07, 6.45) is 1.62. The molecule has 0 amide bonds. The fraction of sp³-hybridized carbons (Fsp3) is 0.688. The van der Waals surface area contributed by atoms with E-state index >= 15 is 0 Å². The lowest BCUT2D eigenvalue weighted by atomic mass is 9.61. The summed E-state index contributed by atoms with van der Waals surface area (Å²) >= 11 is 0. The lowest BCUT2D eigenvalue weighted by molar-refractivity contribution is -0.161. The van der Waals surface area contributed by atoms with Crippen LogP contribution >= 0.6 is 0 Å². The first-order valence-corrected chi connectivity index (χ1v) is 7.34. The van der Waals surface area contributed by atoms with Crippen LogP contribution in [0.4, 0.5) is 0 Å². The van der Waals surface area contributed by atoms with Crippen LogP contribution in [0.5, 0.6) is 0 Å². The van der Waals surface area contributed by atoms with Gasteiger partial charge in [-0.2, -0.15) is 0 Å². The third-order valence-corrected chi connectivity index (χ3v) is 4.65. The van der Waals surface area contributed by atoms with Gasteiger partial charge >= 0.3 is 11.9 Å². The second-order valence-corrected chi connectivity index (χ2v) is 6.15. The molecule has 1 fully saturated rings. The highest BCUT2D eigenvalue weighted by atomic mass is 16.6. The molecule has 0 N–H and O–H groups in total. The maximum atomic E-state index is 12.0. The molecule has 21 heavy (non-hydrogen) atoms. The van der Waals surface area contributed by atoms with E-state index < -0.39 is 5.41 Å². The Bertz CT molecular complexity index is 519. The Hall–Kier alpha value is -1.65. The minimum Gasteiger partial charge on any atom is -0.462 e. The Morgan fingerprint density at radius 3 is 2.33 bits per heavy atom. The number of hydrogen-bond donors (Lipinski definition) is 0. The van der Waals surface area contributed by atoms with Gasteiger partial charge in [0, 0.05) is 25.7 Å². The van der Waals surface area contributed by atoms with Crippen LogP contribution in [-0.4, -0.2) is 29.9 Å². The predicted octanol–water partition coefficient (Wildman–Crippen LogP) is 2.33. The smallest absolute Gasteiger partial charge is 0.303 e. The van der Waals surface area contributed by atoms with E-state index in [1.54, 1.807) is 6.92 Å². The van der Waals surface area contributed by atoms with Gasteiger partial charge in [-0.1, -0.05) is 6.92 Å². The molecule has 2 rings (SSSR count). The van der Waals surface area contributed by atoms with E-state index in [0.29, 0.717) is 31.3 Å². The molecular formula is C16H22O5. The Balaban J connectivity index is 2.43. The lowest BCUT2D eigenvalue weighted by Crippen LogP contribution is -2.49. The van der Waals surface area contributed by atoms with E-state index in [-0.39, 0.29) is 29.9 Å². The quantitative estimate of drug-likeness (QED) is 0.731. The number of fused-ring (bicyclic) bond motifs is 1. The van der Waals surface area contributed by atoms with Crippen molar-refractivity contribution in [3.63, 3.8) is 0 Å². The Labute approximate surface area is 124 Å². The van der Waals surface area contributed by atoms with Gasteiger partial charge in [0.1, 0.15) is 12.2 Å². The number of carbonyl (C=O) groups excluding carboxylic acids is 3. The molecule has 0 bridgehead atoms. The molecule has 1 saturated carbocycles. The van der Waals surface area contributed by atoms with Crippen LogP contribution in [0.3, 0.4) is 0 Å². The summed E-state index contributed by atoms with van der Waals surface area (Å²) in [5.41, 5.74) is 1.07. The van der Waals surface area contributed by atoms with E-state index in [9.17, 15) is 14.4 Å². The minimum atomic E-state index is -0.429. The molecule has 2 aliphatic carbocycles. The van der Waals surface area contributed by atoms with E-state index in [2.05, 4.69) is 0 Å². The SMILES string of the molecule is CC(=O)O[C@H]1CC[C@H](OC(C)=O)[C@@]2(C)CCC(=O)C(C)=C12. The summed E-state index contributed by atoms with van der Waals surface area (Å²) in [5.74, 6) is -0.587. The molecule has 116 valence electrons. The van der Waals surface area contributed by atoms with Crippen molar-refractivity contribution < 1.29 is 23.9 Å². The van der Waals surface area contributed by atoms with Crippen LogP contribution in [0.25, 0.3) is 0 Å². The second-order valence-electron chi connectivity index (χ2n) is 6.15. The number of allylic oxidation sites excluding steroid dienone is 1. The topological polar surface area (TPSA) is 69.7 Å². The molecule has 0 unspecified atom stereocenters. The molecule has 5 heteroatoms. The van der Waals surface area contributed by atoms with Crippen molar-refractivity contribution >= 4 is 17.7 Å². The number of ether oxygens (including phenoxy) is 2. The predicted molar refractivity (Wildman–Crippen MR) is 75.4 cm³/mol. The molecule has 0 radical (unpaired) electrons. The van der Waals surface area contributed by atoms with Gasteiger partial charge < -0.3 is 9.47 Å². The fourth-order valence-electron chi connectivity index (χ4n) is 3.69. The van der Waals surface area contributed by atoms with Gasteiger partial charge in [-0.25, -0.2) is 0 Å². The highest BCUT2D eigenvalue weighted by Gasteiger charge is 2.50. The summed E-state index contributed by atoms with van der Waals surface area (Å²) in [5, 5.41) is 0. The Morgan fingerprint density at radius 1 is 1.14 bits per heavy atom. The van der Waals surface area contributed by atoms with E-state index in [1.165, 1.54) is 13.8 Å². The third-order valence-electron chi connectivity index (χ3n) is 4.65. The zero-order chi connectivity index (χ0) is 15.8. The molecule has 0 heterocycles. The van der Waals surface area contributed by atoms with Gasteiger partial charge in [-0.3, -0.25) is 14.4 Å². The molecule has 5 nitrogen and oxygen atoms in total. The Kier molecular flexibility index (Phi) is 4.21. The summed E-state index contributed by atoms with van der Waals surface area (Å²) in [6, 6.07) is 0. The first-order chi connectivity index (χ1) is 9.75. The van der Waals surface area contributed by atoms with Gasteiger partial charge in [0.05, 0.1) is 0 Å². The van der Waals surface area contributed by atoms with E-state index in [1.807, 2.05) is 6.92 Å². The number of carbonyl (C=O) groups is 3. The highest BCUT2D eigenvalue weighted by molar-refractivity contribution is 5.97. The van der Waals surface area contributed by atoms with Crippen molar-refractivity contribution in [2.45, 2.75) is 65.6 Å². The molecule has 0 aliphatic heterocycles. The zero-order valence-electron chi connectivity index (χ0n) is 13.0. The number of rotatable bonds is 2. The van der Waals surface area contributed by atoms with Gasteiger partial charge in [0.25, 0.3) is 0 Å². The van der Waals surface area contributed by atoms with Crippen LogP contribution in [-0.2, 0) is 23.9 Å². The third kappa shape index (κ3) is 2.87. The van der Waals surface area contributed by atoms with Crippen LogP contribution < -0.4 is 0 Å². The van der Waals surface area contributed by atoms with Crippen molar-refractivity contribution in [3.05, 3.63) is 11.1 Å². The molecule has 0 spiro atoms. The van der Waals surface area contributed by atoms with Crippen LogP contribution in [0.1, 0.15) is 53.4 Å². The van der Waals surface area contributed by atoms with Gasteiger partial charge in [-0.15, -0.1) is 0 Å². The molecule has 2 aliphatic rings. The highest BCUT2D eigenvalue weighted by Crippen LogP contribution is 2.50. The van der Waals surface area contributed by atoms with Crippen molar-refractivity contribution in [1.82, 2.24) is 0 Å². The molecule has 0 aromatic heterocycles. The fourth-order valence-corrected chi connectivity index (χ4v) is 3.69. The maximum Gasteiger partial charge on any atom is 0.303 e. The van der Waals surface area contributed by atoms with Crippen LogP contribution in [0.15, 0.2) is 11.1 Å². The largest absolute Gasteiger partial charge is 0.462 e. The maximum absolute atomic E-state index is 12.0. The van der Waals surface area contributed by atoms with Gasteiger partial charge in [-0.05, 0) is 37.3 Å². The molecule has 0 saturated heterocycles. The normalized spacial score (nSPS) is 32.5. The second kappa shape index (κ2) is 5.62. The van der Waals surface area contributed by atoms with Gasteiger partial charge in [0.15, 0.2) is 5.78 Å². The Morgan fingerprint density at radius 2 is 1.76 bits per heavy atom. The number of ketones is 1. The van der Waals surface area contributed by atoms with Crippen molar-refractivity contribution in [3.8, 4) is 0 Å².